The predicted molar refractivity (Wildman–Crippen MR) is 186 cm³/mol. The molecule has 0 bridgehead atoms. The van der Waals surface area contributed by atoms with Crippen molar-refractivity contribution in [3.05, 3.63) is 82.5 Å². The number of fused-ring (bicyclic) bond motifs is 6. The van der Waals surface area contributed by atoms with E-state index < -0.39 is 11.2 Å². The van der Waals surface area contributed by atoms with Crippen LogP contribution in [-0.2, 0) is 11.2 Å². The molecule has 0 amide bonds. The molecule has 8 nitrogen and oxygen atoms in total. The molecule has 7 rings (SSSR count). The first-order valence-electron chi connectivity index (χ1n) is 13.8. The van der Waals surface area contributed by atoms with Gasteiger partial charge < -0.3 is 9.47 Å². The second-order valence-electron chi connectivity index (χ2n) is 11.4. The minimum absolute atomic E-state index is 0.169. The van der Waals surface area contributed by atoms with Crippen molar-refractivity contribution in [3.63, 3.8) is 0 Å². The highest BCUT2D eigenvalue weighted by molar-refractivity contribution is 7.26. The number of nitrogens with zero attached hydrogens (tertiary/aromatic N) is 6. The van der Waals surface area contributed by atoms with Gasteiger partial charge in [-0.2, -0.15) is 10.5 Å². The van der Waals surface area contributed by atoms with E-state index in [0.29, 0.717) is 10.0 Å². The van der Waals surface area contributed by atoms with Crippen LogP contribution in [0.2, 0.25) is 0 Å². The van der Waals surface area contributed by atoms with Crippen LogP contribution >= 0.6 is 45.3 Å². The van der Waals surface area contributed by atoms with Gasteiger partial charge in [0.15, 0.2) is 0 Å². The minimum Gasteiger partial charge on any atom is -0.482 e. The molecule has 0 unspecified atom stereocenters. The molecular weight excluding hydrogens is 653 g/mol. The monoisotopic (exact) mass is 672 g/mol. The molecule has 0 spiro atoms. The molecule has 1 aromatic carbocycles. The first kappa shape index (κ1) is 29.6. The maximum Gasteiger partial charge on any atom is 0.635 e. The molecule has 5 aromatic rings. The first-order chi connectivity index (χ1) is 22.0. The van der Waals surface area contributed by atoms with Gasteiger partial charge in [-0.05, 0) is 83.3 Å². The number of hydrogen-bond acceptors (Lipinski definition) is 10. The van der Waals surface area contributed by atoms with Crippen LogP contribution in [0.3, 0.4) is 0 Å². The summed E-state index contributed by atoms with van der Waals surface area (Å²) < 4.78 is 13.3. The molecule has 2 aliphatic heterocycles. The Kier molecular flexibility index (Phi) is 6.94. The maximum absolute atomic E-state index is 9.10. The van der Waals surface area contributed by atoms with E-state index in [-0.39, 0.29) is 11.7 Å². The third kappa shape index (κ3) is 4.90. The van der Waals surface area contributed by atoms with E-state index >= 15 is 0 Å². The largest absolute Gasteiger partial charge is 0.635 e. The molecule has 0 saturated heterocycles. The van der Waals surface area contributed by atoms with Crippen LogP contribution < -0.4 is 9.47 Å². The van der Waals surface area contributed by atoms with Crippen LogP contribution in [0.25, 0.3) is 50.1 Å². The third-order valence-electron chi connectivity index (χ3n) is 7.58. The SMILES string of the molecule is [C-]#[N+]C(=Nc1ccc(-c2cc3c(s2)-c2cc4c(cc2OC3(C)C)-c2sc(-c3ccc(N=C(C#N)C#N)s3)cc2C(C)(C)O4)s1)[N+]#[C-]. The zero-order valence-corrected chi connectivity index (χ0v) is 28.0. The van der Waals surface area contributed by atoms with Crippen molar-refractivity contribution in [3.8, 4) is 64.0 Å². The van der Waals surface area contributed by atoms with Gasteiger partial charge >= 0.3 is 5.96 Å². The third-order valence-corrected chi connectivity index (χ3v) is 12.3. The Bertz CT molecular complexity index is 2140. The summed E-state index contributed by atoms with van der Waals surface area (Å²) >= 11 is 6.25. The van der Waals surface area contributed by atoms with E-state index in [2.05, 4.69) is 71.6 Å². The molecule has 0 radical (unpaired) electrons. The van der Waals surface area contributed by atoms with Crippen molar-refractivity contribution >= 4 is 67.0 Å². The molecule has 0 fully saturated rings. The zero-order valence-electron chi connectivity index (χ0n) is 24.8. The Hall–Kier alpha value is -5.08. The Morgan fingerprint density at radius 3 is 1.57 bits per heavy atom. The van der Waals surface area contributed by atoms with Gasteiger partial charge in [0.05, 0.1) is 0 Å². The molecule has 0 N–H and O–H groups in total. The molecule has 12 heteroatoms. The number of thiophene rings is 4. The predicted octanol–water partition coefficient (Wildman–Crippen LogP) is 10.8. The summed E-state index contributed by atoms with van der Waals surface area (Å²) in [7, 11) is 0. The van der Waals surface area contributed by atoms with Gasteiger partial charge in [-0.15, -0.1) is 34.0 Å². The molecule has 222 valence electrons. The second kappa shape index (κ2) is 10.8. The average molecular weight is 673 g/mol. The van der Waals surface area contributed by atoms with Crippen molar-refractivity contribution < 1.29 is 9.47 Å². The summed E-state index contributed by atoms with van der Waals surface area (Å²) in [5.41, 5.74) is 2.79. The van der Waals surface area contributed by atoms with Gasteiger partial charge in [-0.3, -0.25) is 0 Å². The van der Waals surface area contributed by atoms with E-state index in [4.69, 9.17) is 33.1 Å². The van der Waals surface area contributed by atoms with Crippen molar-refractivity contribution in [2.24, 2.45) is 9.98 Å². The lowest BCUT2D eigenvalue weighted by atomic mass is 9.88. The number of hydrogen-bond donors (Lipinski definition) is 0. The zero-order chi connectivity index (χ0) is 32.4. The van der Waals surface area contributed by atoms with E-state index in [1.54, 1.807) is 22.7 Å². The maximum atomic E-state index is 9.10. The Balaban J connectivity index is 1.30. The van der Waals surface area contributed by atoms with Gasteiger partial charge in [0.1, 0.15) is 39.8 Å². The summed E-state index contributed by atoms with van der Waals surface area (Å²) in [5.74, 6) is 1.38. The molecule has 4 aromatic heterocycles. The van der Waals surface area contributed by atoms with Crippen LogP contribution in [0, 0.1) is 35.8 Å². The van der Waals surface area contributed by atoms with E-state index in [0.717, 1.165) is 63.0 Å². The summed E-state index contributed by atoms with van der Waals surface area (Å²) in [6, 6.07) is 19.7. The Morgan fingerprint density at radius 2 is 1.13 bits per heavy atom. The average Bonchev–Trinajstić information content (AvgIpc) is 3.84. The quantitative estimate of drug-likeness (QED) is 0.108. The minimum atomic E-state index is -0.583. The summed E-state index contributed by atoms with van der Waals surface area (Å²) in [5, 5.41) is 19.4. The molecule has 0 saturated carbocycles. The van der Waals surface area contributed by atoms with Gasteiger partial charge in [-0.25, -0.2) is 14.7 Å². The Labute approximate surface area is 281 Å². The van der Waals surface area contributed by atoms with Gasteiger partial charge in [0.25, 0.3) is 5.00 Å². The van der Waals surface area contributed by atoms with E-state index in [9.17, 15) is 0 Å². The standard InChI is InChI=1S/C34H20N6O2S4/c1-33(2)20-13-26(24-7-9-28(43-24)39-17(15-35)16-36)45-30(20)18-11-23-19(12-22(18)41-33)31-21(34(3,4)42-23)14-27(46-31)25-8-10-29(44-25)40-32(37-5)38-6/h7-14H,1-4H3. The fourth-order valence-electron chi connectivity index (χ4n) is 5.46. The van der Waals surface area contributed by atoms with Crippen molar-refractivity contribution in [2.45, 2.75) is 38.9 Å². The highest BCUT2D eigenvalue weighted by atomic mass is 32.1. The summed E-state index contributed by atoms with van der Waals surface area (Å²) in [4.78, 5) is 21.0. The highest BCUT2D eigenvalue weighted by Gasteiger charge is 2.40. The van der Waals surface area contributed by atoms with Crippen LogP contribution in [0.15, 0.2) is 58.5 Å². The van der Waals surface area contributed by atoms with Crippen LogP contribution in [0.1, 0.15) is 38.8 Å². The fourth-order valence-corrected chi connectivity index (χ4v) is 10.0. The van der Waals surface area contributed by atoms with Gasteiger partial charge in [0, 0.05) is 62.6 Å². The lowest BCUT2D eigenvalue weighted by molar-refractivity contribution is 0.100. The molecule has 46 heavy (non-hydrogen) atoms. The molecule has 0 aliphatic carbocycles. The molecule has 2 aliphatic rings. The van der Waals surface area contributed by atoms with Crippen molar-refractivity contribution in [2.75, 3.05) is 0 Å². The number of benzene rings is 1. The fraction of sp³-hybridized carbons (Fsp3) is 0.176. The van der Waals surface area contributed by atoms with Crippen LogP contribution in [-0.4, -0.2) is 11.7 Å². The lowest BCUT2D eigenvalue weighted by Crippen LogP contribution is -2.30. The van der Waals surface area contributed by atoms with Crippen molar-refractivity contribution in [1.29, 1.82) is 10.5 Å². The number of rotatable bonds is 4. The smallest absolute Gasteiger partial charge is 0.482 e. The topological polar surface area (TPSA) is 99.5 Å². The molecule has 0 atom stereocenters. The van der Waals surface area contributed by atoms with Crippen LogP contribution in [0.5, 0.6) is 11.5 Å². The van der Waals surface area contributed by atoms with E-state index in [1.807, 2.05) is 36.4 Å². The number of guanidine groups is 1. The van der Waals surface area contributed by atoms with Gasteiger partial charge in [0.2, 0.25) is 5.71 Å². The normalized spacial score (nSPS) is 14.3. The number of ether oxygens (including phenoxy) is 2. The van der Waals surface area contributed by atoms with E-state index in [1.165, 1.54) is 22.7 Å². The lowest BCUT2D eigenvalue weighted by Gasteiger charge is -2.36. The number of aliphatic imine (C=N–C) groups is 2. The van der Waals surface area contributed by atoms with Crippen LogP contribution in [0.4, 0.5) is 10.0 Å². The highest BCUT2D eigenvalue weighted by Crippen LogP contribution is 2.58. The molecule has 6 heterocycles. The summed E-state index contributed by atoms with van der Waals surface area (Å²) in [6.07, 6.45) is 0. The molecular formula is C34H20N6O2S4. The number of nitriles is 2. The van der Waals surface area contributed by atoms with Gasteiger partial charge in [-0.1, -0.05) is 11.3 Å². The summed E-state index contributed by atoms with van der Waals surface area (Å²) in [6.45, 7) is 22.5. The first-order valence-corrected chi connectivity index (χ1v) is 17.1. The van der Waals surface area contributed by atoms with Crippen molar-refractivity contribution in [1.82, 2.24) is 0 Å². The Morgan fingerprint density at radius 1 is 0.674 bits per heavy atom. The second-order valence-corrected chi connectivity index (χ2v) is 15.6.